The maximum atomic E-state index is 12.0. The van der Waals surface area contributed by atoms with Crippen LogP contribution in [0.15, 0.2) is 51.7 Å². The molecule has 0 saturated carbocycles. The molecule has 1 saturated heterocycles. The average molecular weight is 321 g/mol. The van der Waals surface area contributed by atoms with E-state index in [0.29, 0.717) is 17.4 Å². The van der Waals surface area contributed by atoms with Crippen molar-refractivity contribution in [3.8, 4) is 0 Å². The number of rotatable bonds is 2. The van der Waals surface area contributed by atoms with Crippen LogP contribution in [0.3, 0.4) is 0 Å². The molecule has 0 radical (unpaired) electrons. The minimum absolute atomic E-state index is 0.258. The van der Waals surface area contributed by atoms with Crippen molar-refractivity contribution in [3.05, 3.63) is 58.4 Å². The van der Waals surface area contributed by atoms with Crippen molar-refractivity contribution in [1.82, 2.24) is 4.90 Å². The molecule has 2 heterocycles. The van der Waals surface area contributed by atoms with Gasteiger partial charge in [0.2, 0.25) is 0 Å². The summed E-state index contributed by atoms with van der Waals surface area (Å²) in [5, 5.41) is 3.42. The van der Waals surface area contributed by atoms with Crippen molar-refractivity contribution in [2.45, 2.75) is 26.8 Å². The summed E-state index contributed by atoms with van der Waals surface area (Å²) < 4.78 is 5.47. The highest BCUT2D eigenvalue weighted by molar-refractivity contribution is 6.07. The lowest BCUT2D eigenvalue weighted by molar-refractivity contribution is 0.134. The molecule has 3 aromatic rings. The van der Waals surface area contributed by atoms with E-state index >= 15 is 0 Å². The largest absolute Gasteiger partial charge is 0.423 e. The van der Waals surface area contributed by atoms with Gasteiger partial charge in [0.1, 0.15) is 5.58 Å². The van der Waals surface area contributed by atoms with Gasteiger partial charge in [-0.25, -0.2) is 4.79 Å². The Labute approximate surface area is 141 Å². The molecule has 0 amide bonds. The zero-order valence-electron chi connectivity index (χ0n) is 14.3. The van der Waals surface area contributed by atoms with Gasteiger partial charge < -0.3 is 4.42 Å². The second kappa shape index (κ2) is 6.06. The topological polar surface area (TPSA) is 33.5 Å². The Hall–Kier alpha value is -2.13. The molecule has 3 nitrogen and oxygen atoms in total. The van der Waals surface area contributed by atoms with Crippen LogP contribution in [-0.2, 0) is 6.54 Å². The minimum atomic E-state index is -0.258. The Kier molecular flexibility index (Phi) is 3.89. The van der Waals surface area contributed by atoms with Crippen molar-refractivity contribution < 1.29 is 4.42 Å². The van der Waals surface area contributed by atoms with Gasteiger partial charge in [0.25, 0.3) is 0 Å². The quantitative estimate of drug-likeness (QED) is 0.517. The van der Waals surface area contributed by atoms with Crippen LogP contribution in [0.5, 0.6) is 0 Å². The smallest absolute Gasteiger partial charge is 0.336 e. The highest BCUT2D eigenvalue weighted by Crippen LogP contribution is 2.29. The third-order valence-electron chi connectivity index (χ3n) is 5.05. The molecular weight excluding hydrogens is 298 g/mol. The van der Waals surface area contributed by atoms with E-state index in [1.807, 2.05) is 24.3 Å². The van der Waals surface area contributed by atoms with Crippen LogP contribution in [0, 0.1) is 11.8 Å². The standard InChI is InChI=1S/C21H23NO2/c1-14-9-15(2)12-22(11-14)13-17-10-20(23)24-19-8-7-16-5-3-4-6-18(16)21(17)19/h3-8,10,14-15H,9,11-13H2,1-2H3/t14-,15-/m1/s1. The third-order valence-corrected chi connectivity index (χ3v) is 5.05. The summed E-state index contributed by atoms with van der Waals surface area (Å²) in [5.74, 6) is 1.41. The molecule has 1 aromatic heterocycles. The minimum Gasteiger partial charge on any atom is -0.423 e. The van der Waals surface area contributed by atoms with E-state index in [1.54, 1.807) is 6.07 Å². The highest BCUT2D eigenvalue weighted by atomic mass is 16.4. The van der Waals surface area contributed by atoms with E-state index < -0.39 is 0 Å². The first-order valence-electron chi connectivity index (χ1n) is 8.77. The number of fused-ring (bicyclic) bond motifs is 3. The predicted octanol–water partition coefficient (Wildman–Crippen LogP) is 4.42. The molecule has 124 valence electrons. The van der Waals surface area contributed by atoms with E-state index in [1.165, 1.54) is 11.8 Å². The van der Waals surface area contributed by atoms with Gasteiger partial charge >= 0.3 is 5.63 Å². The summed E-state index contributed by atoms with van der Waals surface area (Å²) in [6, 6.07) is 13.9. The van der Waals surface area contributed by atoms with Gasteiger partial charge in [0.05, 0.1) is 0 Å². The summed E-state index contributed by atoms with van der Waals surface area (Å²) in [5.41, 5.74) is 1.51. The van der Waals surface area contributed by atoms with Gasteiger partial charge in [0, 0.05) is 31.1 Å². The number of likely N-dealkylation sites (tertiary alicyclic amines) is 1. The number of piperidine rings is 1. The van der Waals surface area contributed by atoms with Crippen LogP contribution in [-0.4, -0.2) is 18.0 Å². The van der Waals surface area contributed by atoms with E-state index in [9.17, 15) is 4.79 Å². The SMILES string of the molecule is C[C@@H]1C[C@@H](C)CN(Cc2cc(=O)oc3ccc4ccccc4c23)C1. The molecule has 3 heteroatoms. The van der Waals surface area contributed by atoms with Crippen molar-refractivity contribution in [1.29, 1.82) is 0 Å². The first-order valence-corrected chi connectivity index (χ1v) is 8.77. The lowest BCUT2D eigenvalue weighted by atomic mass is 9.91. The van der Waals surface area contributed by atoms with Gasteiger partial charge in [-0.1, -0.05) is 44.2 Å². The summed E-state index contributed by atoms with van der Waals surface area (Å²) in [6.45, 7) is 7.63. The van der Waals surface area contributed by atoms with Crippen LogP contribution >= 0.6 is 0 Å². The normalized spacial score (nSPS) is 22.2. The van der Waals surface area contributed by atoms with Crippen molar-refractivity contribution >= 4 is 21.7 Å². The molecule has 2 aromatic carbocycles. The molecule has 2 atom stereocenters. The van der Waals surface area contributed by atoms with E-state index in [0.717, 1.165) is 36.0 Å². The second-order valence-electron chi connectivity index (χ2n) is 7.39. The molecule has 0 bridgehead atoms. The number of benzene rings is 2. The molecule has 1 fully saturated rings. The van der Waals surface area contributed by atoms with Gasteiger partial charge in [0.15, 0.2) is 0 Å². The maximum absolute atomic E-state index is 12.0. The number of nitrogens with zero attached hydrogens (tertiary/aromatic N) is 1. The highest BCUT2D eigenvalue weighted by Gasteiger charge is 2.22. The molecule has 0 spiro atoms. The predicted molar refractivity (Wildman–Crippen MR) is 98.2 cm³/mol. The molecule has 0 unspecified atom stereocenters. The first-order chi connectivity index (χ1) is 11.6. The molecule has 0 N–H and O–H groups in total. The molecular formula is C21H23NO2. The summed E-state index contributed by atoms with van der Waals surface area (Å²) >= 11 is 0. The fourth-order valence-corrected chi connectivity index (χ4v) is 4.31. The van der Waals surface area contributed by atoms with E-state index in [2.05, 4.69) is 30.9 Å². The summed E-state index contributed by atoms with van der Waals surface area (Å²) in [4.78, 5) is 14.5. The fourth-order valence-electron chi connectivity index (χ4n) is 4.31. The van der Waals surface area contributed by atoms with Gasteiger partial charge in [-0.3, -0.25) is 4.90 Å². The second-order valence-corrected chi connectivity index (χ2v) is 7.39. The Balaban J connectivity index is 1.84. The zero-order valence-corrected chi connectivity index (χ0v) is 14.3. The molecule has 1 aliphatic heterocycles. The van der Waals surface area contributed by atoms with E-state index in [4.69, 9.17) is 4.42 Å². The van der Waals surface area contributed by atoms with Crippen LogP contribution in [0.25, 0.3) is 21.7 Å². The Morgan fingerprint density at radius 3 is 2.62 bits per heavy atom. The van der Waals surface area contributed by atoms with Crippen molar-refractivity contribution in [2.75, 3.05) is 13.1 Å². The monoisotopic (exact) mass is 321 g/mol. The fraction of sp³-hybridized carbons (Fsp3) is 0.381. The van der Waals surface area contributed by atoms with Crippen molar-refractivity contribution in [2.24, 2.45) is 11.8 Å². The third kappa shape index (κ3) is 2.84. The summed E-state index contributed by atoms with van der Waals surface area (Å²) in [6.07, 6.45) is 1.29. The van der Waals surface area contributed by atoms with Crippen LogP contribution in [0.4, 0.5) is 0 Å². The lowest BCUT2D eigenvalue weighted by Gasteiger charge is -2.35. The number of hydrogen-bond donors (Lipinski definition) is 0. The Morgan fingerprint density at radius 2 is 1.83 bits per heavy atom. The van der Waals surface area contributed by atoms with Crippen LogP contribution in [0.1, 0.15) is 25.8 Å². The molecule has 4 rings (SSSR count). The average Bonchev–Trinajstić information content (AvgIpc) is 2.53. The Morgan fingerprint density at radius 1 is 1.08 bits per heavy atom. The summed E-state index contributed by atoms with van der Waals surface area (Å²) in [7, 11) is 0. The lowest BCUT2D eigenvalue weighted by Crippen LogP contribution is -2.38. The van der Waals surface area contributed by atoms with Gasteiger partial charge in [-0.15, -0.1) is 0 Å². The Bertz CT molecular complexity index is 933. The van der Waals surface area contributed by atoms with Gasteiger partial charge in [-0.2, -0.15) is 0 Å². The van der Waals surface area contributed by atoms with E-state index in [-0.39, 0.29) is 5.63 Å². The molecule has 0 aliphatic carbocycles. The molecule has 1 aliphatic rings. The van der Waals surface area contributed by atoms with Crippen molar-refractivity contribution in [3.63, 3.8) is 0 Å². The maximum Gasteiger partial charge on any atom is 0.336 e. The zero-order chi connectivity index (χ0) is 16.7. The van der Waals surface area contributed by atoms with Crippen LogP contribution in [0.2, 0.25) is 0 Å². The van der Waals surface area contributed by atoms with Crippen LogP contribution < -0.4 is 5.63 Å². The number of hydrogen-bond acceptors (Lipinski definition) is 3. The first kappa shape index (κ1) is 15.4. The molecule has 24 heavy (non-hydrogen) atoms. The van der Waals surface area contributed by atoms with Gasteiger partial charge in [-0.05, 0) is 40.7 Å².